The number of aliphatic hydroxyl groups is 2. The van der Waals surface area contributed by atoms with E-state index in [1.807, 2.05) is 44.2 Å². The van der Waals surface area contributed by atoms with Crippen LogP contribution in [-0.4, -0.2) is 35.5 Å². The molecule has 4 atom stereocenters. The van der Waals surface area contributed by atoms with Crippen molar-refractivity contribution in [3.8, 4) is 0 Å². The zero-order valence-electron chi connectivity index (χ0n) is 18.3. The molecule has 0 bridgehead atoms. The quantitative estimate of drug-likeness (QED) is 0.138. The molecular weight excluding hydrogens is 376 g/mol. The molecule has 4 nitrogen and oxygen atoms in total. The van der Waals surface area contributed by atoms with Gasteiger partial charge in [0.1, 0.15) is 0 Å². The highest BCUT2D eigenvalue weighted by Crippen LogP contribution is 2.19. The fourth-order valence-corrected chi connectivity index (χ4v) is 2.43. The summed E-state index contributed by atoms with van der Waals surface area (Å²) in [5, 5.41) is 20.6. The number of hydrogen-bond acceptors (Lipinski definition) is 4. The Balaban J connectivity index is 4.21. The normalized spacial score (nSPS) is 17.2. The lowest BCUT2D eigenvalue weighted by atomic mass is 9.88. The van der Waals surface area contributed by atoms with Crippen LogP contribution in [0.4, 0.5) is 0 Å². The minimum absolute atomic E-state index is 0.0428. The van der Waals surface area contributed by atoms with Gasteiger partial charge in [0.25, 0.3) is 0 Å². The van der Waals surface area contributed by atoms with Gasteiger partial charge in [-0.3, -0.25) is 0 Å². The van der Waals surface area contributed by atoms with Gasteiger partial charge in [0.05, 0.1) is 19.3 Å². The first kappa shape index (κ1) is 27.3. The van der Waals surface area contributed by atoms with Crippen molar-refractivity contribution in [2.45, 2.75) is 38.9 Å². The Hall–Kier alpha value is -2.69. The summed E-state index contributed by atoms with van der Waals surface area (Å²) in [5.41, 5.74) is 0. The smallest absolute Gasteiger partial charge is 0.330 e. The van der Waals surface area contributed by atoms with Crippen LogP contribution in [0.1, 0.15) is 26.7 Å². The summed E-state index contributed by atoms with van der Waals surface area (Å²) in [6, 6.07) is 0. The molecule has 0 aromatic carbocycles. The van der Waals surface area contributed by atoms with Gasteiger partial charge in [-0.05, 0) is 12.8 Å². The van der Waals surface area contributed by atoms with Crippen molar-refractivity contribution in [1.82, 2.24) is 0 Å². The topological polar surface area (TPSA) is 66.8 Å². The second kappa shape index (κ2) is 18.3. The standard InChI is InChI=1S/C26H36O4/c1-5-6-7-17-20-24(27)23(3)26(29)22(2)19-16-14-12-10-8-9-11-13-15-18-21-25(28)30-4/h5-11,13,15-24,26-27,29H,1,12,14H2,2-4H3. The maximum Gasteiger partial charge on any atom is 0.330 e. The summed E-state index contributed by atoms with van der Waals surface area (Å²) >= 11 is 0. The fourth-order valence-electron chi connectivity index (χ4n) is 2.43. The Bertz CT molecular complexity index is 677. The van der Waals surface area contributed by atoms with Crippen molar-refractivity contribution in [1.29, 1.82) is 0 Å². The molecule has 4 heteroatoms. The lowest BCUT2D eigenvalue weighted by Gasteiger charge is -2.25. The van der Waals surface area contributed by atoms with Crippen LogP contribution in [-0.2, 0) is 9.53 Å². The lowest BCUT2D eigenvalue weighted by molar-refractivity contribution is -0.134. The average molecular weight is 413 g/mol. The third kappa shape index (κ3) is 14.3. The maximum atomic E-state index is 10.9. The average Bonchev–Trinajstić information content (AvgIpc) is 2.75. The number of carbonyl (C=O) groups excluding carboxylic acids is 1. The minimum atomic E-state index is -0.704. The number of carbonyl (C=O) groups is 1. The fraction of sp³-hybridized carbons (Fsp3) is 0.346. The van der Waals surface area contributed by atoms with E-state index in [-0.39, 0.29) is 17.8 Å². The molecule has 0 aliphatic rings. The van der Waals surface area contributed by atoms with Crippen molar-refractivity contribution in [3.63, 3.8) is 0 Å². The van der Waals surface area contributed by atoms with Gasteiger partial charge < -0.3 is 14.9 Å². The third-order valence-corrected chi connectivity index (χ3v) is 4.35. The number of methoxy groups -OCH3 is 1. The van der Waals surface area contributed by atoms with Crippen LogP contribution in [0, 0.1) is 11.8 Å². The van der Waals surface area contributed by atoms with Crippen LogP contribution in [0.5, 0.6) is 0 Å². The summed E-state index contributed by atoms with van der Waals surface area (Å²) < 4.78 is 4.49. The van der Waals surface area contributed by atoms with E-state index in [9.17, 15) is 15.0 Å². The summed E-state index contributed by atoms with van der Waals surface area (Å²) in [5.74, 6) is -0.685. The molecule has 4 unspecified atom stereocenters. The molecule has 0 saturated carbocycles. The van der Waals surface area contributed by atoms with E-state index in [0.29, 0.717) is 0 Å². The highest BCUT2D eigenvalue weighted by molar-refractivity contribution is 5.82. The number of aliphatic hydroxyl groups excluding tert-OH is 2. The number of hydrogen-bond donors (Lipinski definition) is 2. The van der Waals surface area contributed by atoms with E-state index >= 15 is 0 Å². The van der Waals surface area contributed by atoms with Gasteiger partial charge in [-0.2, -0.15) is 0 Å². The molecule has 0 aromatic heterocycles. The zero-order chi connectivity index (χ0) is 22.6. The van der Waals surface area contributed by atoms with Crippen LogP contribution in [0.2, 0.25) is 0 Å². The maximum absolute atomic E-state index is 10.9. The van der Waals surface area contributed by atoms with Crippen LogP contribution >= 0.6 is 0 Å². The van der Waals surface area contributed by atoms with E-state index in [1.165, 1.54) is 13.2 Å². The number of allylic oxidation sites excluding steroid dienone is 12. The van der Waals surface area contributed by atoms with E-state index < -0.39 is 12.2 Å². The molecule has 0 amide bonds. The van der Waals surface area contributed by atoms with Gasteiger partial charge in [0.2, 0.25) is 0 Å². The highest BCUT2D eigenvalue weighted by Gasteiger charge is 2.24. The van der Waals surface area contributed by atoms with Crippen molar-refractivity contribution in [2.75, 3.05) is 7.11 Å². The largest absolute Gasteiger partial charge is 0.466 e. The molecular formula is C26H36O4. The molecule has 30 heavy (non-hydrogen) atoms. The van der Waals surface area contributed by atoms with Gasteiger partial charge in [-0.1, -0.05) is 105 Å². The van der Waals surface area contributed by atoms with Gasteiger partial charge in [-0.25, -0.2) is 4.79 Å². The Kier molecular flexibility index (Phi) is 16.7. The van der Waals surface area contributed by atoms with Gasteiger partial charge in [0, 0.05) is 17.9 Å². The highest BCUT2D eigenvalue weighted by atomic mass is 16.5. The molecule has 2 N–H and O–H groups in total. The molecule has 0 aromatic rings. The molecule has 0 rings (SSSR count). The summed E-state index contributed by atoms with van der Waals surface area (Å²) in [7, 11) is 1.34. The van der Waals surface area contributed by atoms with E-state index in [2.05, 4.69) is 23.5 Å². The number of rotatable bonds is 14. The molecule has 0 aliphatic heterocycles. The van der Waals surface area contributed by atoms with Crippen molar-refractivity contribution in [3.05, 3.63) is 97.7 Å². The van der Waals surface area contributed by atoms with E-state index in [4.69, 9.17) is 0 Å². The van der Waals surface area contributed by atoms with Crippen molar-refractivity contribution in [2.24, 2.45) is 11.8 Å². The summed E-state index contributed by atoms with van der Waals surface area (Å²) in [4.78, 5) is 10.9. The Labute approximate surface area is 181 Å². The van der Waals surface area contributed by atoms with Gasteiger partial charge in [0.15, 0.2) is 0 Å². The first-order valence-corrected chi connectivity index (χ1v) is 10.2. The number of esters is 1. The van der Waals surface area contributed by atoms with E-state index in [1.54, 1.807) is 42.5 Å². The predicted molar refractivity (Wildman–Crippen MR) is 126 cm³/mol. The third-order valence-electron chi connectivity index (χ3n) is 4.35. The molecule has 0 radical (unpaired) electrons. The second-order valence-corrected chi connectivity index (χ2v) is 6.79. The monoisotopic (exact) mass is 412 g/mol. The number of unbranched alkanes of at least 4 members (excludes halogenated alkanes) is 1. The minimum Gasteiger partial charge on any atom is -0.466 e. The molecule has 0 heterocycles. The molecule has 164 valence electrons. The first-order valence-electron chi connectivity index (χ1n) is 10.2. The van der Waals surface area contributed by atoms with Crippen LogP contribution in [0.15, 0.2) is 97.7 Å². The van der Waals surface area contributed by atoms with E-state index in [0.717, 1.165) is 12.8 Å². The van der Waals surface area contributed by atoms with Crippen LogP contribution < -0.4 is 0 Å². The second-order valence-electron chi connectivity index (χ2n) is 6.79. The summed E-state index contributed by atoms with van der Waals surface area (Å²) in [6.45, 7) is 7.38. The Morgan fingerprint density at radius 2 is 1.47 bits per heavy atom. The Morgan fingerprint density at radius 1 is 0.867 bits per heavy atom. The predicted octanol–water partition coefficient (Wildman–Crippen LogP) is 5.01. The molecule has 0 spiro atoms. The number of ether oxygens (including phenoxy) is 1. The van der Waals surface area contributed by atoms with Crippen molar-refractivity contribution >= 4 is 5.97 Å². The van der Waals surface area contributed by atoms with Gasteiger partial charge in [-0.15, -0.1) is 0 Å². The Morgan fingerprint density at radius 3 is 2.13 bits per heavy atom. The SMILES string of the molecule is C=CC=CC=CC(O)C(C)C(O)C(C)C=CCCC=CC=CC=CC=CC(=O)OC. The summed E-state index contributed by atoms with van der Waals surface area (Å²) in [6.07, 6.45) is 27.5. The van der Waals surface area contributed by atoms with Crippen LogP contribution in [0.3, 0.4) is 0 Å². The van der Waals surface area contributed by atoms with Crippen LogP contribution in [0.25, 0.3) is 0 Å². The molecule has 0 fully saturated rings. The van der Waals surface area contributed by atoms with Gasteiger partial charge >= 0.3 is 5.97 Å². The zero-order valence-corrected chi connectivity index (χ0v) is 18.3. The first-order chi connectivity index (χ1) is 14.4. The molecule has 0 aliphatic carbocycles. The van der Waals surface area contributed by atoms with Crippen molar-refractivity contribution < 1.29 is 19.7 Å². The molecule has 0 saturated heterocycles. The lowest BCUT2D eigenvalue weighted by Crippen LogP contribution is -2.32.